The number of rotatable bonds is 3. The van der Waals surface area contributed by atoms with Gasteiger partial charge in [0.1, 0.15) is 0 Å². The summed E-state index contributed by atoms with van der Waals surface area (Å²) in [5.41, 5.74) is 7.26. The Kier molecular flexibility index (Phi) is 2.70. The molecule has 1 aliphatic carbocycles. The summed E-state index contributed by atoms with van der Waals surface area (Å²) in [6.07, 6.45) is 2.51. The molecule has 0 amide bonds. The number of halogens is 1. The average Bonchev–Trinajstić information content (AvgIpc) is 3.09. The van der Waals surface area contributed by atoms with E-state index in [1.807, 2.05) is 16.8 Å². The zero-order valence-corrected chi connectivity index (χ0v) is 10.8. The summed E-state index contributed by atoms with van der Waals surface area (Å²) >= 11 is 5.92. The number of hydrogen-bond acceptors (Lipinski definition) is 4. The van der Waals surface area contributed by atoms with Gasteiger partial charge in [0.2, 0.25) is 0 Å². The van der Waals surface area contributed by atoms with Gasteiger partial charge in [0.05, 0.1) is 16.8 Å². The van der Waals surface area contributed by atoms with Crippen LogP contribution in [-0.2, 0) is 0 Å². The zero-order chi connectivity index (χ0) is 12.7. The number of anilines is 1. The highest BCUT2D eigenvalue weighted by Gasteiger charge is 2.31. The van der Waals surface area contributed by atoms with Gasteiger partial charge in [-0.3, -0.25) is 0 Å². The summed E-state index contributed by atoms with van der Waals surface area (Å²) in [6, 6.07) is 5.80. The van der Waals surface area contributed by atoms with Crippen molar-refractivity contribution in [1.29, 1.82) is 0 Å². The highest BCUT2D eigenvalue weighted by molar-refractivity contribution is 6.33. The summed E-state index contributed by atoms with van der Waals surface area (Å²) < 4.78 is 1.88. The van der Waals surface area contributed by atoms with Crippen molar-refractivity contribution in [3.63, 3.8) is 0 Å². The van der Waals surface area contributed by atoms with Gasteiger partial charge in [0, 0.05) is 5.56 Å². The smallest absolute Gasteiger partial charge is 0.182 e. The Labute approximate surface area is 110 Å². The van der Waals surface area contributed by atoms with Crippen molar-refractivity contribution in [3.8, 4) is 11.4 Å². The fourth-order valence-corrected chi connectivity index (χ4v) is 2.24. The maximum Gasteiger partial charge on any atom is 0.182 e. The van der Waals surface area contributed by atoms with Crippen LogP contribution in [0.5, 0.6) is 0 Å². The van der Waals surface area contributed by atoms with Crippen molar-refractivity contribution in [2.45, 2.75) is 25.8 Å². The van der Waals surface area contributed by atoms with Crippen LogP contribution in [0, 0.1) is 5.92 Å². The van der Waals surface area contributed by atoms with E-state index < -0.39 is 0 Å². The molecule has 3 rings (SSSR count). The molecule has 1 fully saturated rings. The first kappa shape index (κ1) is 11.5. The van der Waals surface area contributed by atoms with Crippen LogP contribution in [-0.4, -0.2) is 20.2 Å². The molecule has 1 aromatic heterocycles. The highest BCUT2D eigenvalue weighted by Crippen LogP contribution is 2.40. The third-order valence-electron chi connectivity index (χ3n) is 3.44. The lowest BCUT2D eigenvalue weighted by molar-refractivity contribution is 0.433. The minimum absolute atomic E-state index is 0.326. The predicted octanol–water partition coefficient (Wildman–Crippen LogP) is 2.55. The molecule has 0 aliphatic heterocycles. The van der Waals surface area contributed by atoms with E-state index in [9.17, 15) is 0 Å². The lowest BCUT2D eigenvalue weighted by Crippen LogP contribution is -2.11. The SMILES string of the molecule is CC(C1CC1)n1nnnc1-c1ccc(Cl)c(N)c1. The average molecular weight is 264 g/mol. The van der Waals surface area contributed by atoms with E-state index in [1.54, 1.807) is 6.07 Å². The summed E-state index contributed by atoms with van der Waals surface area (Å²) in [7, 11) is 0. The topological polar surface area (TPSA) is 69.6 Å². The molecule has 2 N–H and O–H groups in total. The number of tetrazole rings is 1. The molecular weight excluding hydrogens is 250 g/mol. The van der Waals surface area contributed by atoms with Gasteiger partial charge in [-0.2, -0.15) is 0 Å². The van der Waals surface area contributed by atoms with Crippen molar-refractivity contribution in [1.82, 2.24) is 20.2 Å². The van der Waals surface area contributed by atoms with Gasteiger partial charge in [0.15, 0.2) is 5.82 Å². The number of aromatic nitrogens is 4. The first-order valence-corrected chi connectivity index (χ1v) is 6.38. The second kappa shape index (κ2) is 4.24. The van der Waals surface area contributed by atoms with Gasteiger partial charge in [-0.1, -0.05) is 11.6 Å². The highest BCUT2D eigenvalue weighted by atomic mass is 35.5. The van der Waals surface area contributed by atoms with Crippen LogP contribution in [0.1, 0.15) is 25.8 Å². The van der Waals surface area contributed by atoms with Crippen LogP contribution in [0.2, 0.25) is 5.02 Å². The Morgan fingerprint density at radius 1 is 1.44 bits per heavy atom. The van der Waals surface area contributed by atoms with Gasteiger partial charge < -0.3 is 5.73 Å². The monoisotopic (exact) mass is 263 g/mol. The summed E-state index contributed by atoms with van der Waals surface area (Å²) in [6.45, 7) is 2.15. The van der Waals surface area contributed by atoms with E-state index in [2.05, 4.69) is 22.4 Å². The maximum absolute atomic E-state index is 5.92. The third kappa shape index (κ3) is 1.95. The summed E-state index contributed by atoms with van der Waals surface area (Å²) in [4.78, 5) is 0. The van der Waals surface area contributed by atoms with E-state index >= 15 is 0 Å². The normalized spacial score (nSPS) is 16.8. The lowest BCUT2D eigenvalue weighted by Gasteiger charge is -2.12. The van der Waals surface area contributed by atoms with E-state index in [4.69, 9.17) is 17.3 Å². The maximum atomic E-state index is 5.92. The molecule has 2 aromatic rings. The Morgan fingerprint density at radius 2 is 2.22 bits per heavy atom. The number of nitrogens with zero attached hydrogens (tertiary/aromatic N) is 4. The van der Waals surface area contributed by atoms with Gasteiger partial charge in [-0.25, -0.2) is 4.68 Å². The molecule has 18 heavy (non-hydrogen) atoms. The molecule has 1 aromatic carbocycles. The third-order valence-corrected chi connectivity index (χ3v) is 3.78. The number of hydrogen-bond donors (Lipinski definition) is 1. The first-order chi connectivity index (χ1) is 8.66. The van der Waals surface area contributed by atoms with Crippen molar-refractivity contribution in [3.05, 3.63) is 23.2 Å². The molecule has 5 nitrogen and oxygen atoms in total. The van der Waals surface area contributed by atoms with Gasteiger partial charge in [-0.15, -0.1) is 5.10 Å². The molecule has 1 atom stereocenters. The second-order valence-electron chi connectivity index (χ2n) is 4.76. The molecule has 0 bridgehead atoms. The van der Waals surface area contributed by atoms with E-state index in [-0.39, 0.29) is 0 Å². The molecule has 0 spiro atoms. The van der Waals surface area contributed by atoms with Crippen LogP contribution in [0.15, 0.2) is 18.2 Å². The van der Waals surface area contributed by atoms with Crippen LogP contribution in [0.3, 0.4) is 0 Å². The van der Waals surface area contributed by atoms with Crippen molar-refractivity contribution >= 4 is 17.3 Å². The predicted molar refractivity (Wildman–Crippen MR) is 70.1 cm³/mol. The quantitative estimate of drug-likeness (QED) is 0.864. The van der Waals surface area contributed by atoms with Crippen LogP contribution in [0.25, 0.3) is 11.4 Å². The molecule has 1 unspecified atom stereocenters. The standard InChI is InChI=1S/C12H14ClN5/c1-7(8-2-3-8)18-12(15-16-17-18)9-4-5-10(13)11(14)6-9/h4-8H,2-3,14H2,1H3. The zero-order valence-electron chi connectivity index (χ0n) is 10.0. The number of nitrogen functional groups attached to an aromatic ring is 1. The van der Waals surface area contributed by atoms with Crippen molar-refractivity contribution in [2.24, 2.45) is 5.92 Å². The fraction of sp³-hybridized carbons (Fsp3) is 0.417. The van der Waals surface area contributed by atoms with E-state index in [1.165, 1.54) is 12.8 Å². The summed E-state index contributed by atoms with van der Waals surface area (Å²) in [5, 5.41) is 12.5. The van der Waals surface area contributed by atoms with Crippen LogP contribution >= 0.6 is 11.6 Å². The van der Waals surface area contributed by atoms with Gasteiger partial charge in [0.25, 0.3) is 0 Å². The molecule has 0 radical (unpaired) electrons. The molecular formula is C12H14ClN5. The van der Waals surface area contributed by atoms with Crippen LogP contribution in [0.4, 0.5) is 5.69 Å². The molecule has 1 heterocycles. The molecule has 1 saturated carbocycles. The second-order valence-corrected chi connectivity index (χ2v) is 5.17. The summed E-state index contributed by atoms with van der Waals surface area (Å²) in [5.74, 6) is 1.44. The Hall–Kier alpha value is -1.62. The largest absolute Gasteiger partial charge is 0.398 e. The Bertz CT molecular complexity index is 576. The van der Waals surface area contributed by atoms with E-state index in [0.717, 1.165) is 11.4 Å². The number of benzene rings is 1. The number of nitrogens with two attached hydrogens (primary N) is 1. The Balaban J connectivity index is 2.00. The molecule has 94 valence electrons. The first-order valence-electron chi connectivity index (χ1n) is 6.00. The minimum Gasteiger partial charge on any atom is -0.398 e. The molecule has 0 saturated heterocycles. The van der Waals surface area contributed by atoms with Crippen molar-refractivity contribution in [2.75, 3.05) is 5.73 Å². The Morgan fingerprint density at radius 3 is 2.89 bits per heavy atom. The minimum atomic E-state index is 0.326. The fourth-order valence-electron chi connectivity index (χ4n) is 2.12. The van der Waals surface area contributed by atoms with E-state index in [0.29, 0.717) is 22.7 Å². The van der Waals surface area contributed by atoms with Crippen LogP contribution < -0.4 is 5.73 Å². The molecule has 6 heteroatoms. The van der Waals surface area contributed by atoms with Gasteiger partial charge >= 0.3 is 0 Å². The molecule has 1 aliphatic rings. The van der Waals surface area contributed by atoms with Crippen molar-refractivity contribution < 1.29 is 0 Å². The van der Waals surface area contributed by atoms with Gasteiger partial charge in [-0.05, 0) is 54.3 Å². The lowest BCUT2D eigenvalue weighted by atomic mass is 10.1.